The Balaban J connectivity index is 2.50. The van der Waals surface area contributed by atoms with Crippen molar-refractivity contribution in [1.29, 1.82) is 0 Å². The Hall–Kier alpha value is -0.940. The molecule has 0 radical (unpaired) electrons. The number of methoxy groups -OCH3 is 1. The van der Waals surface area contributed by atoms with Crippen LogP contribution < -0.4 is 5.73 Å². The van der Waals surface area contributed by atoms with Crippen LogP contribution in [0.2, 0.25) is 0 Å². The zero-order valence-electron chi connectivity index (χ0n) is 8.80. The molecule has 3 N–H and O–H groups in total. The molecule has 0 saturated heterocycles. The second-order valence-electron chi connectivity index (χ2n) is 3.25. The summed E-state index contributed by atoms with van der Waals surface area (Å²) < 4.78 is 10.6. The molecule has 0 bridgehead atoms. The highest BCUT2D eigenvalue weighted by molar-refractivity contribution is 5.15. The number of aliphatic hydroxyl groups excluding tert-OH is 1. The van der Waals surface area contributed by atoms with Crippen LogP contribution in [0.4, 0.5) is 0 Å². The molecule has 84 valence electrons. The largest absolute Gasteiger partial charge is 0.395 e. The molecule has 0 aliphatic heterocycles. The van der Waals surface area contributed by atoms with E-state index in [4.69, 9.17) is 20.3 Å². The van der Waals surface area contributed by atoms with E-state index in [0.717, 1.165) is 5.56 Å². The van der Waals surface area contributed by atoms with E-state index in [0.29, 0.717) is 0 Å². The van der Waals surface area contributed by atoms with Gasteiger partial charge in [0.25, 0.3) is 0 Å². The highest BCUT2D eigenvalue weighted by Gasteiger charge is 2.11. The normalized spacial score (nSPS) is 14.9. The van der Waals surface area contributed by atoms with Gasteiger partial charge in [0.1, 0.15) is 0 Å². The first kappa shape index (κ1) is 12.1. The SMILES string of the molecule is CO[C@H](OCC(N)CO)c1ccccc1. The van der Waals surface area contributed by atoms with E-state index in [9.17, 15) is 0 Å². The van der Waals surface area contributed by atoms with Crippen molar-refractivity contribution in [1.82, 2.24) is 0 Å². The van der Waals surface area contributed by atoms with Gasteiger partial charge < -0.3 is 20.3 Å². The third-order valence-electron chi connectivity index (χ3n) is 1.98. The Morgan fingerprint density at radius 1 is 1.33 bits per heavy atom. The van der Waals surface area contributed by atoms with E-state index in [1.54, 1.807) is 7.11 Å². The van der Waals surface area contributed by atoms with Crippen molar-refractivity contribution in [3.8, 4) is 0 Å². The van der Waals surface area contributed by atoms with E-state index in [-0.39, 0.29) is 19.3 Å². The van der Waals surface area contributed by atoms with Crippen LogP contribution >= 0.6 is 0 Å². The summed E-state index contributed by atoms with van der Waals surface area (Å²) in [7, 11) is 1.57. The van der Waals surface area contributed by atoms with Crippen molar-refractivity contribution in [2.45, 2.75) is 12.3 Å². The third kappa shape index (κ3) is 3.97. The standard InChI is InChI=1S/C11H17NO3/c1-14-11(15-8-10(12)7-13)9-5-3-2-4-6-9/h2-6,10-11,13H,7-8,12H2,1H3/t10?,11-/m1/s1. The Kier molecular flexibility index (Phi) is 5.28. The van der Waals surface area contributed by atoms with Gasteiger partial charge in [0.05, 0.1) is 19.3 Å². The van der Waals surface area contributed by atoms with Crippen LogP contribution in [0, 0.1) is 0 Å². The Bertz CT molecular complexity index is 266. The molecule has 0 fully saturated rings. The second kappa shape index (κ2) is 6.53. The van der Waals surface area contributed by atoms with E-state index in [2.05, 4.69) is 0 Å². The molecule has 0 aliphatic rings. The van der Waals surface area contributed by atoms with Crippen LogP contribution in [0.25, 0.3) is 0 Å². The lowest BCUT2D eigenvalue weighted by Crippen LogP contribution is -2.31. The van der Waals surface area contributed by atoms with Crippen molar-refractivity contribution in [3.05, 3.63) is 35.9 Å². The smallest absolute Gasteiger partial charge is 0.183 e. The van der Waals surface area contributed by atoms with Crippen molar-refractivity contribution >= 4 is 0 Å². The number of aliphatic hydroxyl groups is 1. The summed E-state index contributed by atoms with van der Waals surface area (Å²) in [5.74, 6) is 0. The highest BCUT2D eigenvalue weighted by Crippen LogP contribution is 2.17. The lowest BCUT2D eigenvalue weighted by molar-refractivity contribution is -0.132. The molecule has 0 aliphatic carbocycles. The lowest BCUT2D eigenvalue weighted by Gasteiger charge is -2.18. The lowest BCUT2D eigenvalue weighted by atomic mass is 10.2. The van der Waals surface area contributed by atoms with Crippen molar-refractivity contribution in [2.24, 2.45) is 5.73 Å². The highest BCUT2D eigenvalue weighted by atomic mass is 16.7. The minimum atomic E-state index is -0.427. The van der Waals surface area contributed by atoms with Crippen molar-refractivity contribution in [2.75, 3.05) is 20.3 Å². The van der Waals surface area contributed by atoms with Gasteiger partial charge in [-0.1, -0.05) is 30.3 Å². The molecule has 0 spiro atoms. The summed E-state index contributed by atoms with van der Waals surface area (Å²) >= 11 is 0. The topological polar surface area (TPSA) is 64.7 Å². The molecular formula is C11H17NO3. The average Bonchev–Trinajstić information content (AvgIpc) is 2.31. The van der Waals surface area contributed by atoms with Gasteiger partial charge in [-0.3, -0.25) is 0 Å². The van der Waals surface area contributed by atoms with Gasteiger partial charge in [-0.15, -0.1) is 0 Å². The first-order valence-corrected chi connectivity index (χ1v) is 4.83. The summed E-state index contributed by atoms with van der Waals surface area (Å²) in [5, 5.41) is 8.75. The van der Waals surface area contributed by atoms with Gasteiger partial charge in [0.15, 0.2) is 6.29 Å². The number of nitrogens with two attached hydrogens (primary N) is 1. The first-order valence-electron chi connectivity index (χ1n) is 4.83. The molecule has 15 heavy (non-hydrogen) atoms. The van der Waals surface area contributed by atoms with Gasteiger partial charge in [-0.05, 0) is 0 Å². The minimum Gasteiger partial charge on any atom is -0.395 e. The monoisotopic (exact) mass is 211 g/mol. The van der Waals surface area contributed by atoms with Crippen LogP contribution in [0.3, 0.4) is 0 Å². The van der Waals surface area contributed by atoms with Gasteiger partial charge in [-0.25, -0.2) is 0 Å². The molecule has 0 saturated carbocycles. The fraction of sp³-hybridized carbons (Fsp3) is 0.455. The molecule has 4 heteroatoms. The van der Waals surface area contributed by atoms with Crippen LogP contribution in [0.15, 0.2) is 30.3 Å². The molecule has 1 aromatic carbocycles. The van der Waals surface area contributed by atoms with Crippen LogP contribution in [0.1, 0.15) is 11.9 Å². The number of hydrogen-bond acceptors (Lipinski definition) is 4. The number of ether oxygens (including phenoxy) is 2. The van der Waals surface area contributed by atoms with Crippen LogP contribution in [-0.2, 0) is 9.47 Å². The van der Waals surface area contributed by atoms with E-state index in [1.807, 2.05) is 30.3 Å². The number of benzene rings is 1. The molecule has 2 atom stereocenters. The van der Waals surface area contributed by atoms with Gasteiger partial charge in [0, 0.05) is 12.7 Å². The van der Waals surface area contributed by atoms with E-state index >= 15 is 0 Å². The predicted octanol–water partition coefficient (Wildman–Crippen LogP) is 0.668. The fourth-order valence-electron chi connectivity index (χ4n) is 1.17. The molecule has 0 aromatic heterocycles. The average molecular weight is 211 g/mol. The van der Waals surface area contributed by atoms with Gasteiger partial charge in [-0.2, -0.15) is 0 Å². The molecule has 1 rings (SSSR count). The summed E-state index contributed by atoms with van der Waals surface area (Å²) in [4.78, 5) is 0. The second-order valence-corrected chi connectivity index (χ2v) is 3.25. The molecule has 0 heterocycles. The Morgan fingerprint density at radius 2 is 2.00 bits per heavy atom. The quantitative estimate of drug-likeness (QED) is 0.679. The summed E-state index contributed by atoms with van der Waals surface area (Å²) in [6.07, 6.45) is -0.427. The minimum absolute atomic E-state index is 0.0920. The number of hydrogen-bond donors (Lipinski definition) is 2. The summed E-state index contributed by atoms with van der Waals surface area (Å²) in [6, 6.07) is 9.21. The fourth-order valence-corrected chi connectivity index (χ4v) is 1.17. The molecule has 1 aromatic rings. The molecular weight excluding hydrogens is 194 g/mol. The van der Waals surface area contributed by atoms with Gasteiger partial charge in [0.2, 0.25) is 0 Å². The maximum Gasteiger partial charge on any atom is 0.183 e. The third-order valence-corrected chi connectivity index (χ3v) is 1.98. The Labute approximate surface area is 89.6 Å². The Morgan fingerprint density at radius 3 is 2.53 bits per heavy atom. The van der Waals surface area contributed by atoms with Crippen LogP contribution in [-0.4, -0.2) is 31.5 Å². The van der Waals surface area contributed by atoms with E-state index < -0.39 is 6.29 Å². The predicted molar refractivity (Wildman–Crippen MR) is 57.2 cm³/mol. The van der Waals surface area contributed by atoms with Crippen molar-refractivity contribution < 1.29 is 14.6 Å². The summed E-state index contributed by atoms with van der Waals surface area (Å²) in [6.45, 7) is 0.176. The molecule has 0 amide bonds. The van der Waals surface area contributed by atoms with E-state index in [1.165, 1.54) is 0 Å². The van der Waals surface area contributed by atoms with Gasteiger partial charge >= 0.3 is 0 Å². The first-order chi connectivity index (χ1) is 7.27. The summed E-state index contributed by atoms with van der Waals surface area (Å²) in [5.41, 5.74) is 6.46. The van der Waals surface area contributed by atoms with Crippen LogP contribution in [0.5, 0.6) is 0 Å². The zero-order chi connectivity index (χ0) is 11.1. The zero-order valence-corrected chi connectivity index (χ0v) is 8.80. The maximum atomic E-state index is 8.75. The van der Waals surface area contributed by atoms with Crippen molar-refractivity contribution in [3.63, 3.8) is 0 Å². The maximum absolute atomic E-state index is 8.75. The molecule has 4 nitrogen and oxygen atoms in total. The number of rotatable bonds is 6. The molecule has 1 unspecified atom stereocenters.